The van der Waals surface area contributed by atoms with Crippen LogP contribution in [0.1, 0.15) is 0 Å². The first kappa shape index (κ1) is 16.5. The van der Waals surface area contributed by atoms with Crippen LogP contribution in [0.3, 0.4) is 0 Å². The molecule has 0 fully saturated rings. The summed E-state index contributed by atoms with van der Waals surface area (Å²) in [5, 5.41) is 9.86. The van der Waals surface area contributed by atoms with Gasteiger partial charge in [-0.1, -0.05) is 18.2 Å². The summed E-state index contributed by atoms with van der Waals surface area (Å²) in [5.74, 6) is 0.617. The highest BCUT2D eigenvalue weighted by Gasteiger charge is 2.06. The van der Waals surface area contributed by atoms with E-state index >= 15 is 0 Å². The number of anilines is 1. The molecule has 3 aromatic rings. The number of carbonyl (C=O) groups excluding carboxylic acids is 1. The monoisotopic (exact) mass is 337 g/mol. The largest absolute Gasteiger partial charge is 0.495 e. The van der Waals surface area contributed by atoms with E-state index in [2.05, 4.69) is 20.7 Å². The van der Waals surface area contributed by atoms with Gasteiger partial charge in [0.2, 0.25) is 0 Å². The Balaban J connectivity index is 1.50. The number of aromatic nitrogens is 3. The van der Waals surface area contributed by atoms with Crippen LogP contribution in [0.4, 0.5) is 10.5 Å². The van der Waals surface area contributed by atoms with Gasteiger partial charge in [0.05, 0.1) is 25.5 Å². The van der Waals surface area contributed by atoms with Crippen LogP contribution in [0.2, 0.25) is 0 Å². The number of rotatable bonds is 6. The van der Waals surface area contributed by atoms with Crippen molar-refractivity contribution in [3.8, 4) is 16.9 Å². The van der Waals surface area contributed by atoms with E-state index in [-0.39, 0.29) is 6.03 Å². The number of carbonyl (C=O) groups is 1. The second-order valence-electron chi connectivity index (χ2n) is 5.31. The van der Waals surface area contributed by atoms with E-state index in [1.807, 2.05) is 30.5 Å². The molecule has 0 unspecified atom stereocenters. The Bertz CT molecular complexity index is 832. The van der Waals surface area contributed by atoms with Gasteiger partial charge in [-0.15, -0.1) is 0 Å². The first-order chi connectivity index (χ1) is 12.3. The molecule has 0 aliphatic carbocycles. The predicted octanol–water partition coefficient (Wildman–Crippen LogP) is 2.78. The van der Waals surface area contributed by atoms with Crippen LogP contribution in [0.15, 0.2) is 61.2 Å². The highest BCUT2D eigenvalue weighted by atomic mass is 16.5. The summed E-state index contributed by atoms with van der Waals surface area (Å²) >= 11 is 0. The van der Waals surface area contributed by atoms with Gasteiger partial charge in [-0.25, -0.2) is 4.79 Å². The van der Waals surface area contributed by atoms with Crippen molar-refractivity contribution in [2.24, 2.45) is 0 Å². The minimum atomic E-state index is -0.288. The summed E-state index contributed by atoms with van der Waals surface area (Å²) in [7, 11) is 1.57. The van der Waals surface area contributed by atoms with Crippen molar-refractivity contribution in [2.45, 2.75) is 6.54 Å². The molecule has 2 aromatic heterocycles. The van der Waals surface area contributed by atoms with E-state index in [0.717, 1.165) is 11.1 Å². The third-order valence-electron chi connectivity index (χ3n) is 3.61. The normalized spacial score (nSPS) is 10.3. The highest BCUT2D eigenvalue weighted by Crippen LogP contribution is 2.22. The van der Waals surface area contributed by atoms with Gasteiger partial charge in [0.15, 0.2) is 0 Å². The number of para-hydroxylation sites is 2. The quantitative estimate of drug-likeness (QED) is 0.725. The van der Waals surface area contributed by atoms with Gasteiger partial charge in [0.1, 0.15) is 5.75 Å². The minimum absolute atomic E-state index is 0.288. The lowest BCUT2D eigenvalue weighted by Gasteiger charge is -2.10. The molecule has 25 heavy (non-hydrogen) atoms. The average Bonchev–Trinajstić information content (AvgIpc) is 3.12. The van der Waals surface area contributed by atoms with E-state index in [1.165, 1.54) is 0 Å². The smallest absolute Gasteiger partial charge is 0.319 e. The van der Waals surface area contributed by atoms with Gasteiger partial charge in [0, 0.05) is 36.3 Å². The second-order valence-corrected chi connectivity index (χ2v) is 5.31. The van der Waals surface area contributed by atoms with Crippen LogP contribution in [-0.4, -0.2) is 34.5 Å². The van der Waals surface area contributed by atoms with Gasteiger partial charge < -0.3 is 15.4 Å². The summed E-state index contributed by atoms with van der Waals surface area (Å²) in [5.41, 5.74) is 2.63. The predicted molar refractivity (Wildman–Crippen MR) is 95.5 cm³/mol. The molecule has 0 aliphatic heterocycles. The number of hydrogen-bond acceptors (Lipinski definition) is 4. The third-order valence-corrected chi connectivity index (χ3v) is 3.61. The highest BCUT2D eigenvalue weighted by molar-refractivity contribution is 5.90. The fraction of sp³-hybridized carbons (Fsp3) is 0.167. The third kappa shape index (κ3) is 4.35. The molecule has 2 amide bonds. The Morgan fingerprint density at radius 2 is 2.04 bits per heavy atom. The maximum Gasteiger partial charge on any atom is 0.319 e. The van der Waals surface area contributed by atoms with Crippen LogP contribution < -0.4 is 15.4 Å². The lowest BCUT2D eigenvalue weighted by molar-refractivity contribution is 0.251. The molecule has 0 atom stereocenters. The number of pyridine rings is 1. The zero-order valence-corrected chi connectivity index (χ0v) is 13.8. The number of urea groups is 1. The summed E-state index contributed by atoms with van der Waals surface area (Å²) in [4.78, 5) is 16.1. The second kappa shape index (κ2) is 7.96. The number of nitrogens with zero attached hydrogens (tertiary/aromatic N) is 3. The minimum Gasteiger partial charge on any atom is -0.495 e. The van der Waals surface area contributed by atoms with Crippen LogP contribution in [0, 0.1) is 0 Å². The maximum atomic E-state index is 12.0. The number of methoxy groups -OCH3 is 1. The van der Waals surface area contributed by atoms with Crippen molar-refractivity contribution < 1.29 is 9.53 Å². The Morgan fingerprint density at radius 3 is 2.84 bits per heavy atom. The summed E-state index contributed by atoms with van der Waals surface area (Å²) in [6, 6.07) is 10.8. The molecule has 0 saturated heterocycles. The zero-order valence-electron chi connectivity index (χ0n) is 13.8. The van der Waals surface area contributed by atoms with E-state index < -0.39 is 0 Å². The van der Waals surface area contributed by atoms with E-state index in [0.29, 0.717) is 24.5 Å². The SMILES string of the molecule is COc1ccccc1NC(=O)NCCn1cc(-c2cccnc2)cn1. The molecule has 0 radical (unpaired) electrons. The first-order valence-corrected chi connectivity index (χ1v) is 7.87. The molecular formula is C18H19N5O2. The van der Waals surface area contributed by atoms with Crippen LogP contribution in [-0.2, 0) is 6.54 Å². The molecule has 0 spiro atoms. The number of benzene rings is 1. The summed E-state index contributed by atoms with van der Waals surface area (Å²) < 4.78 is 6.99. The van der Waals surface area contributed by atoms with E-state index in [1.54, 1.807) is 42.5 Å². The van der Waals surface area contributed by atoms with Crippen molar-refractivity contribution in [3.63, 3.8) is 0 Å². The van der Waals surface area contributed by atoms with Gasteiger partial charge in [-0.2, -0.15) is 5.10 Å². The molecular weight excluding hydrogens is 318 g/mol. The van der Waals surface area contributed by atoms with Crippen molar-refractivity contribution in [1.29, 1.82) is 0 Å². The van der Waals surface area contributed by atoms with E-state index in [9.17, 15) is 4.79 Å². The van der Waals surface area contributed by atoms with Gasteiger partial charge in [-0.3, -0.25) is 9.67 Å². The molecule has 3 rings (SSSR count). The fourth-order valence-electron chi connectivity index (χ4n) is 2.37. The molecule has 0 saturated carbocycles. The van der Waals surface area contributed by atoms with Crippen LogP contribution in [0.25, 0.3) is 11.1 Å². The van der Waals surface area contributed by atoms with Gasteiger partial charge >= 0.3 is 6.03 Å². The topological polar surface area (TPSA) is 81.1 Å². The summed E-state index contributed by atoms with van der Waals surface area (Å²) in [6.07, 6.45) is 7.24. The molecule has 2 heterocycles. The Labute approximate surface area is 145 Å². The van der Waals surface area contributed by atoms with Gasteiger partial charge in [0.25, 0.3) is 0 Å². The van der Waals surface area contributed by atoms with E-state index in [4.69, 9.17) is 4.74 Å². The Hall–Kier alpha value is -3.35. The van der Waals surface area contributed by atoms with Crippen molar-refractivity contribution in [3.05, 3.63) is 61.2 Å². The molecule has 1 aromatic carbocycles. The lowest BCUT2D eigenvalue weighted by Crippen LogP contribution is -2.31. The number of hydrogen-bond donors (Lipinski definition) is 2. The average molecular weight is 337 g/mol. The number of amides is 2. The fourth-order valence-corrected chi connectivity index (χ4v) is 2.37. The molecule has 7 nitrogen and oxygen atoms in total. The lowest BCUT2D eigenvalue weighted by atomic mass is 10.2. The number of nitrogens with one attached hydrogen (secondary N) is 2. The standard InChI is InChI=1S/C18H19N5O2/c1-25-17-7-3-2-6-16(17)22-18(24)20-9-10-23-13-15(12-21-23)14-5-4-8-19-11-14/h2-8,11-13H,9-10H2,1H3,(H2,20,22,24). The van der Waals surface area contributed by atoms with Crippen molar-refractivity contribution >= 4 is 11.7 Å². The Morgan fingerprint density at radius 1 is 1.16 bits per heavy atom. The van der Waals surface area contributed by atoms with Crippen molar-refractivity contribution in [2.75, 3.05) is 19.0 Å². The zero-order chi connectivity index (χ0) is 17.5. The van der Waals surface area contributed by atoms with Crippen LogP contribution >= 0.6 is 0 Å². The van der Waals surface area contributed by atoms with Crippen LogP contribution in [0.5, 0.6) is 5.75 Å². The summed E-state index contributed by atoms with van der Waals surface area (Å²) in [6.45, 7) is 1.02. The molecule has 7 heteroatoms. The number of ether oxygens (including phenoxy) is 1. The Kier molecular flexibility index (Phi) is 5.26. The molecule has 128 valence electrons. The molecule has 0 aliphatic rings. The molecule has 2 N–H and O–H groups in total. The first-order valence-electron chi connectivity index (χ1n) is 7.87. The van der Waals surface area contributed by atoms with Gasteiger partial charge in [-0.05, 0) is 18.2 Å². The molecule has 0 bridgehead atoms. The maximum absolute atomic E-state index is 12.0. The van der Waals surface area contributed by atoms with Crippen molar-refractivity contribution in [1.82, 2.24) is 20.1 Å².